The molecule has 0 radical (unpaired) electrons. The molecule has 10 atom stereocenters. The molecule has 2 fully saturated rings. The summed E-state index contributed by atoms with van der Waals surface area (Å²) in [5.41, 5.74) is 2.16. The molecule has 0 spiro atoms. The molecule has 6 N–H and O–H groups in total. The van der Waals surface area contributed by atoms with Crippen LogP contribution in [0, 0.1) is 23.7 Å². The van der Waals surface area contributed by atoms with Crippen molar-refractivity contribution in [1.29, 1.82) is 0 Å². The maximum Gasteiger partial charge on any atom is 0.253 e. The van der Waals surface area contributed by atoms with Gasteiger partial charge in [0.25, 0.3) is 11.8 Å². The minimum Gasteiger partial charge on any atom is -0.396 e. The second-order valence-corrected chi connectivity index (χ2v) is 23.2. The maximum atomic E-state index is 14.6. The molecule has 19 heteroatoms. The lowest BCUT2D eigenvalue weighted by atomic mass is 9.89. The monoisotopic (exact) mass is 1140 g/mol. The number of anilines is 1. The molecule has 1 saturated carbocycles. The van der Waals surface area contributed by atoms with Crippen molar-refractivity contribution >= 4 is 52.9 Å². The summed E-state index contributed by atoms with van der Waals surface area (Å²) in [6.45, 7) is 11.9. The van der Waals surface area contributed by atoms with Gasteiger partial charge >= 0.3 is 0 Å². The highest BCUT2D eigenvalue weighted by Crippen LogP contribution is 2.31. The predicted molar refractivity (Wildman–Crippen MR) is 316 cm³/mol. The van der Waals surface area contributed by atoms with Gasteiger partial charge in [-0.1, -0.05) is 103 Å². The molecule has 2 aliphatic heterocycles. The molecule has 1 unspecified atom stereocenters. The van der Waals surface area contributed by atoms with Gasteiger partial charge in [-0.15, -0.1) is 0 Å². The quantitative estimate of drug-likeness (QED) is 0.0329. The number of amides is 8. The van der Waals surface area contributed by atoms with Crippen LogP contribution in [-0.2, 0) is 60.8 Å². The maximum absolute atomic E-state index is 14.6. The first-order chi connectivity index (χ1) is 39.4. The van der Waals surface area contributed by atoms with Gasteiger partial charge in [-0.05, 0) is 105 Å². The van der Waals surface area contributed by atoms with Gasteiger partial charge in [0.15, 0.2) is 0 Å². The summed E-state index contributed by atoms with van der Waals surface area (Å²) in [7, 11) is 4.82. The van der Waals surface area contributed by atoms with E-state index in [4.69, 9.17) is 14.6 Å². The van der Waals surface area contributed by atoms with Crippen LogP contribution in [0.5, 0.6) is 0 Å². The lowest BCUT2D eigenvalue weighted by Gasteiger charge is -2.41. The topological polar surface area (TPSA) is 245 Å². The van der Waals surface area contributed by atoms with E-state index in [1.807, 2.05) is 58.0 Å². The minimum atomic E-state index is -0.974. The van der Waals surface area contributed by atoms with E-state index >= 15 is 0 Å². The molecule has 1 saturated heterocycles. The van der Waals surface area contributed by atoms with Gasteiger partial charge < -0.3 is 51.0 Å². The largest absolute Gasteiger partial charge is 0.396 e. The summed E-state index contributed by atoms with van der Waals surface area (Å²) in [6, 6.07) is 14.1. The van der Waals surface area contributed by atoms with Gasteiger partial charge in [-0.3, -0.25) is 43.3 Å². The molecule has 1 aliphatic carbocycles. The zero-order valence-corrected chi connectivity index (χ0v) is 50.1. The van der Waals surface area contributed by atoms with Gasteiger partial charge in [0.2, 0.25) is 35.4 Å². The molecule has 454 valence electrons. The Morgan fingerprint density at radius 1 is 0.780 bits per heavy atom. The molecule has 2 heterocycles. The minimum absolute atomic E-state index is 0.0293. The van der Waals surface area contributed by atoms with Crippen LogP contribution in [-0.4, -0.2) is 157 Å². The Kier molecular flexibility index (Phi) is 28.1. The standard InChI is InChI=1S/C63H96N8O11/c1-9-43(4)59(69(6)63(80)58(42(2)3)68-54(74)39-47-27-30-49(37-47)64-33-17-10-11-19-36-72)52(81-7)40-57(77)70-35-20-23-51(70)60(82-8)44(5)61(78)67-50(38-45-21-14-12-15-22-45)62(79)66-48-28-25-46(26-29-48)41-65-53(73)24-16-13-18-34-71-55(75)31-32-56(71)76/h12,14-15,21-22,25-26,28-29,31-32,42-44,47,49-52,58-60,64,72H,9-11,13,16-20,23-24,27,30,33-41H2,1-8H3,(H,65,73)(H,66,79)(H,67,78)(H,68,74)/t43-,44+,47?,49-,50-,51-,52+,58-,59-,60+/m0/s1. The first-order valence-electron chi connectivity index (χ1n) is 30.2. The van der Waals surface area contributed by atoms with Crippen LogP contribution < -0.4 is 26.6 Å². The second-order valence-electron chi connectivity index (χ2n) is 23.2. The van der Waals surface area contributed by atoms with E-state index in [0.717, 1.165) is 62.6 Å². The second kappa shape index (κ2) is 34.6. The number of ether oxygens (including phenoxy) is 2. The molecule has 0 bridgehead atoms. The Hall–Kier alpha value is -6.02. The third kappa shape index (κ3) is 20.4. The number of benzene rings is 2. The summed E-state index contributed by atoms with van der Waals surface area (Å²) >= 11 is 0. The average Bonchev–Trinajstić information content (AvgIpc) is 4.29. The van der Waals surface area contributed by atoms with Crippen LogP contribution in [0.25, 0.3) is 0 Å². The molecule has 0 aromatic heterocycles. The van der Waals surface area contributed by atoms with Crippen molar-refractivity contribution in [2.45, 2.75) is 193 Å². The highest BCUT2D eigenvalue weighted by atomic mass is 16.5. The third-order valence-electron chi connectivity index (χ3n) is 16.9. The van der Waals surface area contributed by atoms with Crippen LogP contribution in [0.1, 0.15) is 148 Å². The summed E-state index contributed by atoms with van der Waals surface area (Å²) in [6.07, 6.45) is 12.7. The van der Waals surface area contributed by atoms with Crippen molar-refractivity contribution in [3.8, 4) is 0 Å². The van der Waals surface area contributed by atoms with Crippen LogP contribution in [0.3, 0.4) is 0 Å². The van der Waals surface area contributed by atoms with Gasteiger partial charge in [0, 0.05) is 90.7 Å². The number of aliphatic hydroxyl groups excluding tert-OH is 1. The SMILES string of the molecule is CC[C@H](C)[C@@H]([C@@H](CC(=O)N1CCC[C@H]1[C@H](OC)[C@@H](C)C(=O)N[C@@H](Cc1ccccc1)C(=O)Nc1ccc(CNC(=O)CCCCCN2C(=O)C=CC2=O)cc1)OC)N(C)C(=O)[C@@H](NC(=O)CC1CC[C@H](NCCCCCCO)C1)C(C)C. The number of likely N-dealkylation sites (N-methyl/N-ethyl adjacent to an activating group) is 1. The fourth-order valence-electron chi connectivity index (χ4n) is 11.8. The number of carbonyl (C=O) groups is 8. The van der Waals surface area contributed by atoms with E-state index in [2.05, 4.69) is 26.6 Å². The van der Waals surface area contributed by atoms with E-state index in [-0.39, 0.29) is 79.2 Å². The number of methoxy groups -OCH3 is 2. The summed E-state index contributed by atoms with van der Waals surface area (Å²) in [5, 5.41) is 24.6. The zero-order chi connectivity index (χ0) is 59.7. The first-order valence-corrected chi connectivity index (χ1v) is 30.2. The molecule has 19 nitrogen and oxygen atoms in total. The molecule has 82 heavy (non-hydrogen) atoms. The van der Waals surface area contributed by atoms with Crippen molar-refractivity contribution in [3.63, 3.8) is 0 Å². The number of hydrogen-bond acceptors (Lipinski definition) is 12. The van der Waals surface area contributed by atoms with E-state index in [9.17, 15) is 38.4 Å². The highest BCUT2D eigenvalue weighted by molar-refractivity contribution is 6.12. The number of rotatable bonds is 36. The van der Waals surface area contributed by atoms with Crippen molar-refractivity contribution in [2.75, 3.05) is 52.8 Å². The number of likely N-dealkylation sites (tertiary alicyclic amines) is 1. The lowest BCUT2D eigenvalue weighted by Crippen LogP contribution is -2.58. The smallest absolute Gasteiger partial charge is 0.253 e. The first kappa shape index (κ1) is 66.8. The number of imide groups is 1. The van der Waals surface area contributed by atoms with Crippen LogP contribution >= 0.6 is 0 Å². The highest BCUT2D eigenvalue weighted by Gasteiger charge is 2.43. The summed E-state index contributed by atoms with van der Waals surface area (Å²) in [5.74, 6) is -2.97. The molecule has 5 rings (SSSR count). The van der Waals surface area contributed by atoms with E-state index in [1.165, 1.54) is 24.2 Å². The predicted octanol–water partition coefficient (Wildman–Crippen LogP) is 6.22. The normalized spacial score (nSPS) is 19.6. The Balaban J connectivity index is 1.16. The van der Waals surface area contributed by atoms with Gasteiger partial charge in [0.05, 0.1) is 36.6 Å². The van der Waals surface area contributed by atoms with E-state index < -0.39 is 54.1 Å². The Labute approximate surface area is 487 Å². The summed E-state index contributed by atoms with van der Waals surface area (Å²) in [4.78, 5) is 112. The van der Waals surface area contributed by atoms with Crippen molar-refractivity contribution in [1.82, 2.24) is 36.0 Å². The number of aliphatic hydroxyl groups is 1. The van der Waals surface area contributed by atoms with Crippen LogP contribution in [0.15, 0.2) is 66.7 Å². The fourth-order valence-corrected chi connectivity index (χ4v) is 11.8. The van der Waals surface area contributed by atoms with E-state index in [0.29, 0.717) is 76.2 Å². The molecular formula is C63H96N8O11. The van der Waals surface area contributed by atoms with Crippen molar-refractivity contribution in [3.05, 3.63) is 77.9 Å². The van der Waals surface area contributed by atoms with Gasteiger partial charge in [-0.2, -0.15) is 0 Å². The average molecular weight is 1140 g/mol. The Bertz CT molecular complexity index is 2390. The third-order valence-corrected chi connectivity index (χ3v) is 16.9. The van der Waals surface area contributed by atoms with Crippen LogP contribution in [0.2, 0.25) is 0 Å². The van der Waals surface area contributed by atoms with Gasteiger partial charge in [-0.25, -0.2) is 0 Å². The van der Waals surface area contributed by atoms with E-state index in [1.54, 1.807) is 55.1 Å². The molecule has 2 aromatic carbocycles. The van der Waals surface area contributed by atoms with Gasteiger partial charge in [0.1, 0.15) is 12.1 Å². The number of carbonyl (C=O) groups excluding carboxylic acids is 8. The molecule has 3 aliphatic rings. The molecular weight excluding hydrogens is 1040 g/mol. The number of nitrogens with one attached hydrogen (secondary N) is 5. The Morgan fingerprint density at radius 3 is 2.13 bits per heavy atom. The number of nitrogens with zero attached hydrogens (tertiary/aromatic N) is 3. The number of hydrogen-bond donors (Lipinski definition) is 6. The molecule has 8 amide bonds. The summed E-state index contributed by atoms with van der Waals surface area (Å²) < 4.78 is 12.2. The molecule has 2 aromatic rings. The van der Waals surface area contributed by atoms with Crippen molar-refractivity contribution < 1.29 is 52.9 Å². The zero-order valence-electron chi connectivity index (χ0n) is 50.1. The fraction of sp³-hybridized carbons (Fsp3) is 0.651. The lowest BCUT2D eigenvalue weighted by molar-refractivity contribution is -0.147. The Morgan fingerprint density at radius 2 is 1.48 bits per heavy atom. The van der Waals surface area contributed by atoms with Crippen LogP contribution in [0.4, 0.5) is 5.69 Å². The van der Waals surface area contributed by atoms with Crippen molar-refractivity contribution in [2.24, 2.45) is 23.7 Å². The number of unbranched alkanes of at least 4 members (excludes halogenated alkanes) is 5.